The van der Waals surface area contributed by atoms with Crippen LogP contribution in [-0.4, -0.2) is 59.8 Å². The van der Waals surface area contributed by atoms with Crippen LogP contribution in [0.25, 0.3) is 6.08 Å². The van der Waals surface area contributed by atoms with Crippen molar-refractivity contribution in [1.29, 1.82) is 5.41 Å². The number of allylic oxidation sites excluding steroid dienone is 1. The predicted octanol–water partition coefficient (Wildman–Crippen LogP) is 3.45. The van der Waals surface area contributed by atoms with Crippen LogP contribution in [0.15, 0.2) is 66.9 Å². The van der Waals surface area contributed by atoms with Gasteiger partial charge in [-0.1, -0.05) is 36.4 Å². The molecule has 0 atom stereocenters. The van der Waals surface area contributed by atoms with Gasteiger partial charge in [0.05, 0.1) is 17.1 Å². The molecule has 5 N–H and O–H groups in total. The number of nitrogens with two attached hydrogens (primary N) is 1. The van der Waals surface area contributed by atoms with Crippen molar-refractivity contribution in [2.24, 2.45) is 0 Å². The monoisotopic (exact) mass is 456 g/mol. The molecule has 34 heavy (non-hydrogen) atoms. The van der Waals surface area contributed by atoms with E-state index in [1.165, 1.54) is 12.3 Å². The standard InChI is InChI=1S/C26H28N6O2/c1-31-12-14-32(15-13-31)23-17-21(28)19(20(27)10-9-18-6-3-2-4-7-18)16-22(23)30-26(34)25-24(33)8-5-11-29-25/h2-11,16-17,27,33H,12-15,28H2,1H3,(H,30,34)/b10-9+,27-20?. The van der Waals surface area contributed by atoms with Crippen LogP contribution in [0.5, 0.6) is 5.75 Å². The number of benzene rings is 2. The van der Waals surface area contributed by atoms with E-state index < -0.39 is 5.91 Å². The fourth-order valence-electron chi connectivity index (χ4n) is 3.83. The Morgan fingerprint density at radius 3 is 2.56 bits per heavy atom. The van der Waals surface area contributed by atoms with E-state index >= 15 is 0 Å². The number of rotatable bonds is 6. The summed E-state index contributed by atoms with van der Waals surface area (Å²) in [7, 11) is 2.07. The van der Waals surface area contributed by atoms with Crippen LogP contribution in [0.1, 0.15) is 21.6 Å². The summed E-state index contributed by atoms with van der Waals surface area (Å²) in [4.78, 5) is 21.3. The Kier molecular flexibility index (Phi) is 6.89. The van der Waals surface area contributed by atoms with Crippen molar-refractivity contribution in [3.63, 3.8) is 0 Å². The summed E-state index contributed by atoms with van der Waals surface area (Å²) in [6.07, 6.45) is 4.99. The normalized spacial score (nSPS) is 14.3. The van der Waals surface area contributed by atoms with Crippen molar-refractivity contribution in [2.45, 2.75) is 0 Å². The van der Waals surface area contributed by atoms with E-state index in [0.717, 1.165) is 37.4 Å². The summed E-state index contributed by atoms with van der Waals surface area (Å²) in [6, 6.07) is 16.2. The topological polar surface area (TPSA) is 119 Å². The third kappa shape index (κ3) is 5.24. The summed E-state index contributed by atoms with van der Waals surface area (Å²) < 4.78 is 0. The van der Waals surface area contributed by atoms with Gasteiger partial charge in [-0.3, -0.25) is 4.79 Å². The molecule has 1 aliphatic rings. The van der Waals surface area contributed by atoms with Crippen LogP contribution in [0, 0.1) is 5.41 Å². The summed E-state index contributed by atoms with van der Waals surface area (Å²) >= 11 is 0. The van der Waals surface area contributed by atoms with Gasteiger partial charge in [0.25, 0.3) is 5.91 Å². The van der Waals surface area contributed by atoms with Crippen molar-refractivity contribution < 1.29 is 9.90 Å². The van der Waals surface area contributed by atoms with Crippen LogP contribution < -0.4 is 16.0 Å². The van der Waals surface area contributed by atoms with Crippen molar-refractivity contribution in [2.75, 3.05) is 49.2 Å². The van der Waals surface area contributed by atoms with E-state index in [-0.39, 0.29) is 17.2 Å². The Morgan fingerprint density at radius 2 is 1.85 bits per heavy atom. The molecular weight excluding hydrogens is 428 g/mol. The highest BCUT2D eigenvalue weighted by Gasteiger charge is 2.22. The Morgan fingerprint density at radius 1 is 1.12 bits per heavy atom. The second kappa shape index (κ2) is 10.2. The van der Waals surface area contributed by atoms with E-state index in [1.807, 2.05) is 36.4 Å². The minimum Gasteiger partial charge on any atom is -0.505 e. The lowest BCUT2D eigenvalue weighted by Gasteiger charge is -2.35. The molecule has 0 saturated carbocycles. The van der Waals surface area contributed by atoms with E-state index in [9.17, 15) is 9.90 Å². The minimum absolute atomic E-state index is 0.0655. The first-order valence-electron chi connectivity index (χ1n) is 11.1. The lowest BCUT2D eigenvalue weighted by molar-refractivity contribution is 0.101. The van der Waals surface area contributed by atoms with Gasteiger partial charge >= 0.3 is 0 Å². The third-order valence-corrected chi connectivity index (χ3v) is 5.79. The number of nitrogens with zero attached hydrogens (tertiary/aromatic N) is 3. The molecule has 0 radical (unpaired) electrons. The van der Waals surface area contributed by atoms with Crippen LogP contribution in [0.3, 0.4) is 0 Å². The zero-order chi connectivity index (χ0) is 24.1. The van der Waals surface area contributed by atoms with Crippen LogP contribution >= 0.6 is 0 Å². The van der Waals surface area contributed by atoms with E-state index in [4.69, 9.17) is 11.1 Å². The Hall–Kier alpha value is -4.17. The molecule has 2 aromatic carbocycles. The molecule has 0 aliphatic carbocycles. The first kappa shape index (κ1) is 23.0. The minimum atomic E-state index is -0.532. The average molecular weight is 457 g/mol. The van der Waals surface area contributed by atoms with E-state index in [1.54, 1.807) is 24.3 Å². The molecule has 0 bridgehead atoms. The summed E-state index contributed by atoms with van der Waals surface area (Å²) in [5.41, 5.74) is 9.76. The Labute approximate surface area is 198 Å². The van der Waals surface area contributed by atoms with Crippen LogP contribution in [0.4, 0.5) is 17.1 Å². The molecule has 3 aromatic rings. The lowest BCUT2D eigenvalue weighted by atomic mass is 10.0. The summed E-state index contributed by atoms with van der Waals surface area (Å²) in [5.74, 6) is -0.731. The zero-order valence-electron chi connectivity index (χ0n) is 19.0. The van der Waals surface area contributed by atoms with Gasteiger partial charge in [-0.15, -0.1) is 0 Å². The van der Waals surface area contributed by atoms with Gasteiger partial charge in [-0.05, 0) is 43.0 Å². The Balaban J connectivity index is 1.68. The number of hydrogen-bond acceptors (Lipinski definition) is 7. The zero-order valence-corrected chi connectivity index (χ0v) is 19.0. The summed E-state index contributed by atoms with van der Waals surface area (Å²) in [5, 5.41) is 21.5. The van der Waals surface area contributed by atoms with Crippen molar-refractivity contribution in [3.8, 4) is 5.75 Å². The fourth-order valence-corrected chi connectivity index (χ4v) is 3.83. The first-order valence-corrected chi connectivity index (χ1v) is 11.1. The number of nitrogens with one attached hydrogen (secondary N) is 2. The fraction of sp³-hybridized carbons (Fsp3) is 0.192. The second-order valence-electron chi connectivity index (χ2n) is 8.23. The molecule has 1 saturated heterocycles. The van der Waals surface area contributed by atoms with Gasteiger partial charge in [0.2, 0.25) is 0 Å². The Bertz CT molecular complexity index is 1220. The van der Waals surface area contributed by atoms with Crippen molar-refractivity contribution >= 4 is 34.8 Å². The van der Waals surface area contributed by atoms with Crippen molar-refractivity contribution in [3.05, 3.63) is 83.7 Å². The first-order chi connectivity index (χ1) is 16.4. The number of likely N-dealkylation sites (N-methyl/N-ethyl adjacent to an activating group) is 1. The molecule has 174 valence electrons. The van der Waals surface area contributed by atoms with Gasteiger partial charge in [0, 0.05) is 43.6 Å². The van der Waals surface area contributed by atoms with Crippen LogP contribution in [0.2, 0.25) is 0 Å². The number of anilines is 3. The molecule has 0 spiro atoms. The summed E-state index contributed by atoms with van der Waals surface area (Å²) in [6.45, 7) is 3.31. The molecule has 0 unspecified atom stereocenters. The van der Waals surface area contributed by atoms with Gasteiger partial charge in [-0.2, -0.15) is 0 Å². The smallest absolute Gasteiger partial charge is 0.278 e. The molecule has 4 rings (SSSR count). The molecule has 1 aromatic heterocycles. The number of hydrogen-bond donors (Lipinski definition) is 4. The lowest BCUT2D eigenvalue weighted by Crippen LogP contribution is -2.44. The molecule has 8 heteroatoms. The molecule has 1 amide bonds. The molecule has 1 aliphatic heterocycles. The SMILES string of the molecule is CN1CCN(c2cc(N)c(C(=N)/C=C/c3ccccc3)cc2NC(=O)c2ncccc2O)CC1. The highest BCUT2D eigenvalue weighted by molar-refractivity contribution is 6.14. The third-order valence-electron chi connectivity index (χ3n) is 5.79. The van der Waals surface area contributed by atoms with Gasteiger partial charge < -0.3 is 31.4 Å². The second-order valence-corrected chi connectivity index (χ2v) is 8.23. The maximum absolute atomic E-state index is 12.9. The highest BCUT2D eigenvalue weighted by atomic mass is 16.3. The van der Waals surface area contributed by atoms with E-state index in [0.29, 0.717) is 16.9 Å². The maximum atomic E-state index is 12.9. The van der Waals surface area contributed by atoms with Gasteiger partial charge in [-0.25, -0.2) is 4.98 Å². The quantitative estimate of drug-likeness (QED) is 0.333. The van der Waals surface area contributed by atoms with E-state index in [2.05, 4.69) is 27.1 Å². The maximum Gasteiger partial charge on any atom is 0.278 e. The number of piperazine rings is 1. The van der Waals surface area contributed by atoms with Gasteiger partial charge in [0.1, 0.15) is 5.75 Å². The molecule has 1 fully saturated rings. The average Bonchev–Trinajstić information content (AvgIpc) is 2.85. The molecule has 8 nitrogen and oxygen atoms in total. The van der Waals surface area contributed by atoms with Gasteiger partial charge in [0.15, 0.2) is 5.69 Å². The largest absolute Gasteiger partial charge is 0.505 e. The number of carbonyl (C=O) groups is 1. The van der Waals surface area contributed by atoms with Crippen molar-refractivity contribution in [1.82, 2.24) is 9.88 Å². The highest BCUT2D eigenvalue weighted by Crippen LogP contribution is 2.33. The molecular formula is C26H28N6O2. The number of nitrogen functional groups attached to an aromatic ring is 1. The number of aromatic nitrogens is 1. The predicted molar refractivity (Wildman–Crippen MR) is 137 cm³/mol. The number of aromatic hydroxyl groups is 1. The number of amides is 1. The number of carbonyl (C=O) groups excluding carboxylic acids is 1. The molecule has 2 heterocycles. The van der Waals surface area contributed by atoms with Crippen LogP contribution in [-0.2, 0) is 0 Å². The number of pyridine rings is 1.